The SMILES string of the molecule is C[C@@]12CCCCC1=CC(=O)C[C@@H]2[Si](C)(C)C. The first kappa shape index (κ1) is 12.1. The molecule has 2 aliphatic rings. The van der Waals surface area contributed by atoms with Crippen molar-refractivity contribution >= 4 is 13.9 Å². The molecule has 1 fully saturated rings. The van der Waals surface area contributed by atoms with Crippen LogP contribution in [0.15, 0.2) is 11.6 Å². The predicted octanol–water partition coefficient (Wildman–Crippen LogP) is 4.17. The molecule has 0 aromatic heterocycles. The van der Waals surface area contributed by atoms with E-state index >= 15 is 0 Å². The minimum absolute atomic E-state index is 0.358. The van der Waals surface area contributed by atoms with Crippen molar-refractivity contribution in [3.8, 4) is 0 Å². The molecule has 0 saturated heterocycles. The van der Waals surface area contributed by atoms with Gasteiger partial charge in [-0.3, -0.25) is 4.79 Å². The third-order valence-electron chi connectivity index (χ3n) is 4.68. The maximum Gasteiger partial charge on any atom is 0.155 e. The van der Waals surface area contributed by atoms with Gasteiger partial charge >= 0.3 is 0 Å². The van der Waals surface area contributed by atoms with E-state index in [0.29, 0.717) is 16.7 Å². The lowest BCUT2D eigenvalue weighted by atomic mass is 9.65. The molecule has 2 heteroatoms. The molecule has 0 radical (unpaired) electrons. The number of allylic oxidation sites excluding steroid dienone is 2. The Bertz CT molecular complexity index is 337. The van der Waals surface area contributed by atoms with Gasteiger partial charge in [0.25, 0.3) is 0 Å². The van der Waals surface area contributed by atoms with Crippen LogP contribution in [0.25, 0.3) is 0 Å². The van der Waals surface area contributed by atoms with E-state index in [-0.39, 0.29) is 0 Å². The molecular weight excluding hydrogens is 212 g/mol. The summed E-state index contributed by atoms with van der Waals surface area (Å²) in [6.07, 6.45) is 7.91. The van der Waals surface area contributed by atoms with Crippen LogP contribution >= 0.6 is 0 Å². The molecule has 2 rings (SSSR count). The average molecular weight is 236 g/mol. The lowest BCUT2D eigenvalue weighted by Crippen LogP contribution is -2.45. The minimum atomic E-state index is -1.24. The van der Waals surface area contributed by atoms with Gasteiger partial charge in [-0.05, 0) is 36.3 Å². The van der Waals surface area contributed by atoms with Crippen LogP contribution in [0.4, 0.5) is 0 Å². The summed E-state index contributed by atoms with van der Waals surface area (Å²) in [5, 5.41) is 0. The van der Waals surface area contributed by atoms with Crippen LogP contribution in [-0.4, -0.2) is 13.9 Å². The molecule has 0 aromatic carbocycles. The molecule has 90 valence electrons. The van der Waals surface area contributed by atoms with Gasteiger partial charge in [0.05, 0.1) is 0 Å². The topological polar surface area (TPSA) is 17.1 Å². The molecule has 0 amide bonds. The van der Waals surface area contributed by atoms with Crippen molar-refractivity contribution in [1.82, 2.24) is 0 Å². The van der Waals surface area contributed by atoms with E-state index in [1.807, 2.05) is 6.08 Å². The highest BCUT2D eigenvalue weighted by Crippen LogP contribution is 2.56. The van der Waals surface area contributed by atoms with Gasteiger partial charge in [0.15, 0.2) is 5.78 Å². The molecule has 0 spiro atoms. The second-order valence-corrected chi connectivity index (χ2v) is 12.3. The number of fused-ring (bicyclic) bond motifs is 1. The highest BCUT2D eigenvalue weighted by molar-refractivity contribution is 6.78. The van der Waals surface area contributed by atoms with E-state index in [9.17, 15) is 4.79 Å². The standard InChI is InChI=1S/C14H24OSi/c1-14-8-6-5-7-11(14)9-12(15)10-13(14)16(2,3)4/h9,13H,5-8,10H2,1-4H3/t13-,14+/m0/s1. The number of hydrogen-bond acceptors (Lipinski definition) is 1. The van der Waals surface area contributed by atoms with E-state index in [4.69, 9.17) is 0 Å². The van der Waals surface area contributed by atoms with Crippen molar-refractivity contribution in [3.63, 3.8) is 0 Å². The van der Waals surface area contributed by atoms with Crippen molar-refractivity contribution in [1.29, 1.82) is 0 Å². The Hall–Kier alpha value is -0.373. The van der Waals surface area contributed by atoms with Gasteiger partial charge in [-0.25, -0.2) is 0 Å². The first-order valence-electron chi connectivity index (χ1n) is 6.58. The molecule has 2 aliphatic carbocycles. The molecule has 2 atom stereocenters. The second kappa shape index (κ2) is 3.83. The van der Waals surface area contributed by atoms with Crippen LogP contribution in [0.2, 0.25) is 25.2 Å². The molecule has 16 heavy (non-hydrogen) atoms. The maximum absolute atomic E-state index is 11.9. The lowest BCUT2D eigenvalue weighted by molar-refractivity contribution is -0.115. The van der Waals surface area contributed by atoms with E-state index in [2.05, 4.69) is 26.6 Å². The Kier molecular flexibility index (Phi) is 2.90. The summed E-state index contributed by atoms with van der Waals surface area (Å²) in [6.45, 7) is 9.70. The van der Waals surface area contributed by atoms with Crippen molar-refractivity contribution in [2.75, 3.05) is 0 Å². The van der Waals surface area contributed by atoms with Crippen molar-refractivity contribution in [2.45, 2.75) is 64.2 Å². The summed E-state index contributed by atoms with van der Waals surface area (Å²) in [7, 11) is -1.24. The summed E-state index contributed by atoms with van der Waals surface area (Å²) in [6, 6.07) is 0. The van der Waals surface area contributed by atoms with Crippen LogP contribution in [0.5, 0.6) is 0 Å². The number of hydrogen-bond donors (Lipinski definition) is 0. The first-order valence-corrected chi connectivity index (χ1v) is 10.2. The fourth-order valence-electron chi connectivity index (χ4n) is 3.83. The molecule has 0 aromatic rings. The van der Waals surface area contributed by atoms with Gasteiger partial charge in [-0.2, -0.15) is 0 Å². The summed E-state index contributed by atoms with van der Waals surface area (Å²) < 4.78 is 0. The summed E-state index contributed by atoms with van der Waals surface area (Å²) in [4.78, 5) is 11.9. The molecule has 0 unspecified atom stereocenters. The Morgan fingerprint density at radius 3 is 2.62 bits per heavy atom. The van der Waals surface area contributed by atoms with Crippen molar-refractivity contribution in [3.05, 3.63) is 11.6 Å². The molecule has 0 N–H and O–H groups in total. The van der Waals surface area contributed by atoms with Gasteiger partial charge < -0.3 is 0 Å². The largest absolute Gasteiger partial charge is 0.295 e. The fraction of sp³-hybridized carbons (Fsp3) is 0.786. The van der Waals surface area contributed by atoms with Crippen molar-refractivity contribution in [2.24, 2.45) is 5.41 Å². The Morgan fingerprint density at radius 1 is 1.31 bits per heavy atom. The Morgan fingerprint density at radius 2 is 2.00 bits per heavy atom. The number of rotatable bonds is 1. The molecule has 0 heterocycles. The molecule has 1 nitrogen and oxygen atoms in total. The number of carbonyl (C=O) groups is 1. The summed E-state index contributed by atoms with van der Waals surface area (Å²) in [5.41, 5.74) is 2.49. The van der Waals surface area contributed by atoms with Crippen LogP contribution in [-0.2, 0) is 4.79 Å². The quantitative estimate of drug-likeness (QED) is 0.624. The van der Waals surface area contributed by atoms with E-state index in [0.717, 1.165) is 6.42 Å². The van der Waals surface area contributed by atoms with Crippen molar-refractivity contribution < 1.29 is 4.79 Å². The van der Waals surface area contributed by atoms with E-state index < -0.39 is 8.07 Å². The second-order valence-electron chi connectivity index (χ2n) is 6.88. The highest BCUT2D eigenvalue weighted by atomic mass is 28.3. The van der Waals surface area contributed by atoms with Gasteiger partial charge in [0, 0.05) is 14.5 Å². The molecular formula is C14H24OSi. The van der Waals surface area contributed by atoms with E-state index in [1.165, 1.54) is 31.3 Å². The predicted molar refractivity (Wildman–Crippen MR) is 71.4 cm³/mol. The minimum Gasteiger partial charge on any atom is -0.295 e. The monoisotopic (exact) mass is 236 g/mol. The van der Waals surface area contributed by atoms with Crippen LogP contribution < -0.4 is 0 Å². The summed E-state index contributed by atoms with van der Waals surface area (Å²) >= 11 is 0. The van der Waals surface area contributed by atoms with Gasteiger partial charge in [-0.1, -0.05) is 38.6 Å². The normalized spacial score (nSPS) is 35.6. The lowest BCUT2D eigenvalue weighted by Gasteiger charge is -2.50. The zero-order valence-electron chi connectivity index (χ0n) is 11.1. The Balaban J connectivity index is 2.41. The molecule has 1 saturated carbocycles. The Labute approximate surface area is 100 Å². The molecule has 0 aliphatic heterocycles. The van der Waals surface area contributed by atoms with Crippen LogP contribution in [0.1, 0.15) is 39.0 Å². The zero-order chi connectivity index (χ0) is 12.0. The van der Waals surface area contributed by atoms with E-state index in [1.54, 1.807) is 0 Å². The average Bonchev–Trinajstić information content (AvgIpc) is 2.16. The third kappa shape index (κ3) is 1.92. The highest BCUT2D eigenvalue weighted by Gasteiger charge is 2.47. The smallest absolute Gasteiger partial charge is 0.155 e. The first-order chi connectivity index (χ1) is 7.34. The van der Waals surface area contributed by atoms with Gasteiger partial charge in [0.1, 0.15) is 0 Å². The number of carbonyl (C=O) groups excluding carboxylic acids is 1. The van der Waals surface area contributed by atoms with Crippen LogP contribution in [0.3, 0.4) is 0 Å². The third-order valence-corrected chi connectivity index (χ3v) is 7.61. The van der Waals surface area contributed by atoms with Crippen LogP contribution in [0, 0.1) is 5.41 Å². The van der Waals surface area contributed by atoms with Gasteiger partial charge in [0.2, 0.25) is 0 Å². The van der Waals surface area contributed by atoms with Gasteiger partial charge in [-0.15, -0.1) is 0 Å². The zero-order valence-corrected chi connectivity index (χ0v) is 12.1. The fourth-order valence-corrected chi connectivity index (χ4v) is 6.89. The molecule has 0 bridgehead atoms. The maximum atomic E-state index is 11.9. The summed E-state index contributed by atoms with van der Waals surface area (Å²) in [5.74, 6) is 0.391. The number of ketones is 1.